The van der Waals surface area contributed by atoms with Gasteiger partial charge in [-0.15, -0.1) is 0 Å². The SMILES string of the molecule is CCc1nn(-c2ccccc2OC)c2n[nH]c(N)c12. The second-order valence-electron chi connectivity index (χ2n) is 4.22. The number of nitrogens with two attached hydrogens (primary N) is 1. The summed E-state index contributed by atoms with van der Waals surface area (Å²) in [6.07, 6.45) is 0.794. The van der Waals surface area contributed by atoms with Crippen LogP contribution in [0.3, 0.4) is 0 Å². The molecule has 0 unspecified atom stereocenters. The number of hydrogen-bond acceptors (Lipinski definition) is 4. The first-order valence-electron chi connectivity index (χ1n) is 6.11. The number of nitrogens with one attached hydrogen (secondary N) is 1. The summed E-state index contributed by atoms with van der Waals surface area (Å²) in [6, 6.07) is 7.69. The summed E-state index contributed by atoms with van der Waals surface area (Å²) in [4.78, 5) is 0. The summed E-state index contributed by atoms with van der Waals surface area (Å²) in [5.74, 6) is 1.30. The van der Waals surface area contributed by atoms with E-state index in [9.17, 15) is 0 Å². The zero-order valence-electron chi connectivity index (χ0n) is 10.8. The van der Waals surface area contributed by atoms with Gasteiger partial charge in [-0.2, -0.15) is 10.2 Å². The van der Waals surface area contributed by atoms with E-state index < -0.39 is 0 Å². The highest BCUT2D eigenvalue weighted by atomic mass is 16.5. The third-order valence-corrected chi connectivity index (χ3v) is 3.13. The van der Waals surface area contributed by atoms with Crippen molar-refractivity contribution in [2.75, 3.05) is 12.8 Å². The smallest absolute Gasteiger partial charge is 0.186 e. The largest absolute Gasteiger partial charge is 0.494 e. The summed E-state index contributed by atoms with van der Waals surface area (Å²) >= 11 is 0. The lowest BCUT2D eigenvalue weighted by molar-refractivity contribution is 0.412. The average Bonchev–Trinajstić information content (AvgIpc) is 3.00. The normalized spacial score (nSPS) is 11.1. The molecule has 0 amide bonds. The second-order valence-corrected chi connectivity index (χ2v) is 4.22. The molecule has 19 heavy (non-hydrogen) atoms. The van der Waals surface area contributed by atoms with E-state index in [1.807, 2.05) is 31.2 Å². The van der Waals surface area contributed by atoms with Crippen LogP contribution in [0.1, 0.15) is 12.6 Å². The zero-order valence-corrected chi connectivity index (χ0v) is 10.8. The molecule has 0 aliphatic heterocycles. The number of nitrogen functional groups attached to an aromatic ring is 1. The van der Waals surface area contributed by atoms with Crippen LogP contribution < -0.4 is 10.5 Å². The van der Waals surface area contributed by atoms with Crippen LogP contribution in [0.5, 0.6) is 5.75 Å². The lowest BCUT2D eigenvalue weighted by atomic mass is 10.2. The summed E-state index contributed by atoms with van der Waals surface area (Å²) in [5.41, 5.74) is 8.40. The number of methoxy groups -OCH3 is 1. The van der Waals surface area contributed by atoms with Gasteiger partial charge in [0.25, 0.3) is 0 Å². The molecule has 3 N–H and O–H groups in total. The molecule has 0 aliphatic carbocycles. The highest BCUT2D eigenvalue weighted by Crippen LogP contribution is 2.29. The number of para-hydroxylation sites is 2. The number of rotatable bonds is 3. The fourth-order valence-corrected chi connectivity index (χ4v) is 2.22. The predicted molar refractivity (Wildman–Crippen MR) is 73.6 cm³/mol. The number of aryl methyl sites for hydroxylation is 1. The Kier molecular flexibility index (Phi) is 2.63. The van der Waals surface area contributed by atoms with Crippen molar-refractivity contribution in [1.29, 1.82) is 0 Å². The minimum Gasteiger partial charge on any atom is -0.494 e. The maximum Gasteiger partial charge on any atom is 0.186 e. The van der Waals surface area contributed by atoms with Gasteiger partial charge in [0.1, 0.15) is 17.3 Å². The van der Waals surface area contributed by atoms with E-state index in [4.69, 9.17) is 10.5 Å². The van der Waals surface area contributed by atoms with Crippen LogP contribution in [0.15, 0.2) is 24.3 Å². The van der Waals surface area contributed by atoms with Gasteiger partial charge in [-0.25, -0.2) is 4.68 Å². The van der Waals surface area contributed by atoms with Crippen molar-refractivity contribution in [3.8, 4) is 11.4 Å². The van der Waals surface area contributed by atoms with E-state index in [0.717, 1.165) is 34.6 Å². The Labute approximate surface area is 110 Å². The summed E-state index contributed by atoms with van der Waals surface area (Å²) < 4.78 is 7.13. The van der Waals surface area contributed by atoms with Gasteiger partial charge in [0.2, 0.25) is 0 Å². The Morgan fingerprint density at radius 3 is 2.89 bits per heavy atom. The first-order valence-corrected chi connectivity index (χ1v) is 6.11. The van der Waals surface area contributed by atoms with Crippen LogP contribution >= 0.6 is 0 Å². The first-order chi connectivity index (χ1) is 9.26. The predicted octanol–water partition coefficient (Wildman–Crippen LogP) is 1.90. The molecule has 0 saturated heterocycles. The summed E-state index contributed by atoms with van der Waals surface area (Å²) in [6.45, 7) is 2.04. The molecule has 0 fully saturated rings. The van der Waals surface area contributed by atoms with Crippen molar-refractivity contribution in [2.24, 2.45) is 0 Å². The number of nitrogens with zero attached hydrogens (tertiary/aromatic N) is 3. The maximum absolute atomic E-state index is 5.91. The maximum atomic E-state index is 5.91. The molecule has 3 aromatic rings. The Morgan fingerprint density at radius 2 is 2.16 bits per heavy atom. The standard InChI is InChI=1S/C13H15N5O/c1-3-8-11-12(14)15-16-13(11)18(17-8)9-6-4-5-7-10(9)19-2/h4-7H,3H2,1-2H3,(H3,14,15,16). The molecule has 0 aliphatic rings. The molecule has 0 atom stereocenters. The lowest BCUT2D eigenvalue weighted by Gasteiger charge is -2.07. The molecule has 2 aromatic heterocycles. The molecule has 2 heterocycles. The van der Waals surface area contributed by atoms with E-state index >= 15 is 0 Å². The molecular weight excluding hydrogens is 242 g/mol. The molecule has 0 saturated carbocycles. The number of aromatic amines is 1. The molecule has 3 rings (SSSR count). The molecule has 98 valence electrons. The third kappa shape index (κ3) is 1.64. The van der Waals surface area contributed by atoms with E-state index in [1.165, 1.54) is 0 Å². The molecule has 0 spiro atoms. The zero-order chi connectivity index (χ0) is 13.4. The lowest BCUT2D eigenvalue weighted by Crippen LogP contribution is -2.01. The number of hydrogen-bond donors (Lipinski definition) is 2. The van der Waals surface area contributed by atoms with Gasteiger partial charge in [0.05, 0.1) is 18.2 Å². The van der Waals surface area contributed by atoms with Crippen molar-refractivity contribution < 1.29 is 4.74 Å². The van der Waals surface area contributed by atoms with Crippen LogP contribution in [0.25, 0.3) is 16.7 Å². The van der Waals surface area contributed by atoms with Crippen molar-refractivity contribution in [3.05, 3.63) is 30.0 Å². The quantitative estimate of drug-likeness (QED) is 0.750. The summed E-state index contributed by atoms with van der Waals surface area (Å²) in [7, 11) is 1.64. The fourth-order valence-electron chi connectivity index (χ4n) is 2.22. The molecule has 6 heteroatoms. The fraction of sp³-hybridized carbons (Fsp3) is 0.231. The van der Waals surface area contributed by atoms with Crippen LogP contribution in [0.4, 0.5) is 5.82 Å². The van der Waals surface area contributed by atoms with Gasteiger partial charge in [-0.1, -0.05) is 19.1 Å². The summed E-state index contributed by atoms with van der Waals surface area (Å²) in [5, 5.41) is 12.5. The second kappa shape index (κ2) is 4.31. The average molecular weight is 257 g/mol. The Morgan fingerprint density at radius 1 is 1.37 bits per heavy atom. The number of ether oxygens (including phenoxy) is 1. The van der Waals surface area contributed by atoms with E-state index in [1.54, 1.807) is 11.8 Å². The van der Waals surface area contributed by atoms with E-state index in [0.29, 0.717) is 5.82 Å². The van der Waals surface area contributed by atoms with Gasteiger partial charge in [-0.3, -0.25) is 5.10 Å². The van der Waals surface area contributed by atoms with E-state index in [2.05, 4.69) is 15.3 Å². The number of H-pyrrole nitrogens is 1. The third-order valence-electron chi connectivity index (χ3n) is 3.13. The highest BCUT2D eigenvalue weighted by molar-refractivity contribution is 5.90. The van der Waals surface area contributed by atoms with Crippen molar-refractivity contribution >= 4 is 16.9 Å². The number of fused-ring (bicyclic) bond motifs is 1. The van der Waals surface area contributed by atoms with Gasteiger partial charge >= 0.3 is 0 Å². The molecule has 0 bridgehead atoms. The highest BCUT2D eigenvalue weighted by Gasteiger charge is 2.18. The number of benzene rings is 1. The monoisotopic (exact) mass is 257 g/mol. The van der Waals surface area contributed by atoms with Crippen molar-refractivity contribution in [1.82, 2.24) is 20.0 Å². The van der Waals surface area contributed by atoms with Crippen molar-refractivity contribution in [3.63, 3.8) is 0 Å². The Hall–Kier alpha value is -2.50. The number of anilines is 1. The minimum absolute atomic E-state index is 0.549. The van der Waals surface area contributed by atoms with Gasteiger partial charge in [0, 0.05) is 0 Å². The van der Waals surface area contributed by atoms with Gasteiger partial charge in [0.15, 0.2) is 5.65 Å². The van der Waals surface area contributed by atoms with Gasteiger partial charge < -0.3 is 10.5 Å². The van der Waals surface area contributed by atoms with Crippen LogP contribution in [-0.2, 0) is 6.42 Å². The van der Waals surface area contributed by atoms with Crippen LogP contribution in [-0.4, -0.2) is 27.1 Å². The van der Waals surface area contributed by atoms with Gasteiger partial charge in [-0.05, 0) is 18.6 Å². The minimum atomic E-state index is 0.549. The van der Waals surface area contributed by atoms with E-state index in [-0.39, 0.29) is 0 Å². The Balaban J connectivity index is 2.31. The first kappa shape index (κ1) is 11.6. The van der Waals surface area contributed by atoms with Crippen molar-refractivity contribution in [2.45, 2.75) is 13.3 Å². The topological polar surface area (TPSA) is 81.8 Å². The Bertz CT molecular complexity index is 728. The molecule has 1 aromatic carbocycles. The molecule has 0 radical (unpaired) electrons. The van der Waals surface area contributed by atoms with Crippen LogP contribution in [0.2, 0.25) is 0 Å². The molecule has 6 nitrogen and oxygen atoms in total. The van der Waals surface area contributed by atoms with Crippen LogP contribution in [0, 0.1) is 0 Å². The molecular formula is C13H15N5O. The number of aromatic nitrogens is 4.